The highest BCUT2D eigenvalue weighted by atomic mass is 32.2. The number of hydrogen-bond donors (Lipinski definition) is 3. The minimum Gasteiger partial charge on any atom is -0.465 e. The topological polar surface area (TPSA) is 149 Å². The quantitative estimate of drug-likeness (QED) is 0.553. The first kappa shape index (κ1) is 24.7. The number of rotatable bonds is 6. The van der Waals surface area contributed by atoms with Crippen LogP contribution in [0.25, 0.3) is 0 Å². The summed E-state index contributed by atoms with van der Waals surface area (Å²) in [5.41, 5.74) is -1.31. The van der Waals surface area contributed by atoms with Crippen LogP contribution in [0.5, 0.6) is 0 Å². The maximum atomic E-state index is 13.0. The number of alkyl halides is 3. The zero-order valence-electron chi connectivity index (χ0n) is 17.5. The third-order valence-electron chi connectivity index (χ3n) is 4.98. The number of nitrogens with one attached hydrogen (secondary N) is 2. The molecule has 34 heavy (non-hydrogen) atoms. The first-order chi connectivity index (χ1) is 15.8. The second kappa shape index (κ2) is 9.14. The lowest BCUT2D eigenvalue weighted by Gasteiger charge is -2.23. The molecule has 0 fully saturated rings. The number of halogens is 3. The molecule has 3 N–H and O–H groups in total. The van der Waals surface area contributed by atoms with Gasteiger partial charge in [0.2, 0.25) is 0 Å². The number of amides is 1. The van der Waals surface area contributed by atoms with Gasteiger partial charge in [0.25, 0.3) is 0 Å². The van der Waals surface area contributed by atoms with E-state index in [0.29, 0.717) is 0 Å². The van der Waals surface area contributed by atoms with E-state index in [-0.39, 0.29) is 45.8 Å². The Labute approximate surface area is 191 Å². The van der Waals surface area contributed by atoms with Gasteiger partial charge in [-0.3, -0.25) is 9.78 Å². The second-order valence-corrected chi connectivity index (χ2v) is 9.37. The van der Waals surface area contributed by atoms with E-state index in [2.05, 4.69) is 15.6 Å². The van der Waals surface area contributed by atoms with Gasteiger partial charge in [0.15, 0.2) is 15.6 Å². The third kappa shape index (κ3) is 5.34. The van der Waals surface area contributed by atoms with Crippen molar-refractivity contribution in [1.82, 2.24) is 10.3 Å². The van der Waals surface area contributed by atoms with Gasteiger partial charge in [0, 0.05) is 35.8 Å². The van der Waals surface area contributed by atoms with Crippen molar-refractivity contribution in [2.75, 3.05) is 11.6 Å². The summed E-state index contributed by atoms with van der Waals surface area (Å²) in [7, 11) is -3.96. The van der Waals surface area contributed by atoms with Gasteiger partial charge in [-0.15, -0.1) is 0 Å². The Morgan fingerprint density at radius 3 is 2.53 bits per heavy atom. The lowest BCUT2D eigenvalue weighted by Crippen LogP contribution is -2.31. The molecule has 2 aromatic rings. The van der Waals surface area contributed by atoms with E-state index in [4.69, 9.17) is 5.26 Å². The molecule has 9 nitrogen and oxygen atoms in total. The van der Waals surface area contributed by atoms with E-state index in [1.165, 1.54) is 18.2 Å². The van der Waals surface area contributed by atoms with Crippen molar-refractivity contribution in [3.05, 3.63) is 64.6 Å². The molecule has 1 amide bonds. The molecule has 0 spiro atoms. The number of sulfone groups is 1. The average molecular weight is 494 g/mol. The molecule has 13 heteroatoms. The number of hydrogen-bond acceptors (Lipinski definition) is 7. The van der Waals surface area contributed by atoms with Crippen LogP contribution in [-0.4, -0.2) is 36.6 Å². The van der Waals surface area contributed by atoms with Crippen LogP contribution >= 0.6 is 0 Å². The first-order valence-corrected chi connectivity index (χ1v) is 11.5. The van der Waals surface area contributed by atoms with Gasteiger partial charge in [-0.2, -0.15) is 18.4 Å². The van der Waals surface area contributed by atoms with E-state index in [1.807, 2.05) is 0 Å². The number of nitriles is 1. The van der Waals surface area contributed by atoms with Crippen LogP contribution in [0.1, 0.15) is 35.7 Å². The SMILES string of the molecule is CS(=O)(=O)c1cc(C#N)ccc1C(NC(=O)O)C1=C(Nc2ccnc(C(F)(F)F)c2)CCC1=O. The van der Waals surface area contributed by atoms with Gasteiger partial charge in [0.1, 0.15) is 5.69 Å². The molecule has 0 radical (unpaired) electrons. The molecule has 1 heterocycles. The fourth-order valence-corrected chi connectivity index (χ4v) is 4.53. The maximum Gasteiger partial charge on any atom is 0.433 e. The van der Waals surface area contributed by atoms with Gasteiger partial charge in [-0.25, -0.2) is 13.2 Å². The highest BCUT2D eigenvalue weighted by Gasteiger charge is 2.36. The van der Waals surface area contributed by atoms with Crippen molar-refractivity contribution < 1.29 is 36.3 Å². The smallest absolute Gasteiger partial charge is 0.433 e. The molecule has 0 saturated carbocycles. The summed E-state index contributed by atoms with van der Waals surface area (Å²) < 4.78 is 63.9. The fraction of sp³-hybridized carbons (Fsp3) is 0.238. The van der Waals surface area contributed by atoms with E-state index < -0.39 is 39.6 Å². The summed E-state index contributed by atoms with van der Waals surface area (Å²) in [6.45, 7) is 0. The van der Waals surface area contributed by atoms with Crippen LogP contribution in [0.4, 0.5) is 23.7 Å². The van der Waals surface area contributed by atoms with Crippen LogP contribution in [0, 0.1) is 11.3 Å². The second-order valence-electron chi connectivity index (χ2n) is 7.39. The van der Waals surface area contributed by atoms with Crippen molar-refractivity contribution in [3.63, 3.8) is 0 Å². The number of benzene rings is 1. The molecular formula is C21H17F3N4O5S. The molecule has 3 rings (SSSR count). The zero-order chi connectivity index (χ0) is 25.3. The Kier molecular flexibility index (Phi) is 6.65. The number of carboxylic acid groups (broad SMARTS) is 1. The Balaban J connectivity index is 2.17. The minimum atomic E-state index is -4.71. The molecule has 0 saturated heterocycles. The van der Waals surface area contributed by atoms with E-state index in [1.54, 1.807) is 6.07 Å². The number of carbonyl (C=O) groups is 2. The van der Waals surface area contributed by atoms with Gasteiger partial charge < -0.3 is 15.7 Å². The highest BCUT2D eigenvalue weighted by Crippen LogP contribution is 2.37. The van der Waals surface area contributed by atoms with Crippen molar-refractivity contribution in [2.45, 2.75) is 30.0 Å². The predicted molar refractivity (Wildman–Crippen MR) is 112 cm³/mol. The fourth-order valence-electron chi connectivity index (χ4n) is 3.57. The Morgan fingerprint density at radius 2 is 1.94 bits per heavy atom. The van der Waals surface area contributed by atoms with Crippen molar-refractivity contribution in [2.24, 2.45) is 0 Å². The number of aromatic nitrogens is 1. The van der Waals surface area contributed by atoms with Gasteiger partial charge >= 0.3 is 12.3 Å². The highest BCUT2D eigenvalue weighted by molar-refractivity contribution is 7.90. The lowest BCUT2D eigenvalue weighted by molar-refractivity contribution is -0.141. The molecule has 0 aliphatic heterocycles. The number of anilines is 1. The van der Waals surface area contributed by atoms with Crippen LogP contribution in [0.3, 0.4) is 0 Å². The molecule has 1 aromatic heterocycles. The molecule has 1 aliphatic rings. The molecule has 1 aromatic carbocycles. The third-order valence-corrected chi connectivity index (χ3v) is 6.14. The molecule has 1 atom stereocenters. The number of nitrogens with zero attached hydrogens (tertiary/aromatic N) is 2. The van der Waals surface area contributed by atoms with E-state index in [9.17, 15) is 36.3 Å². The van der Waals surface area contributed by atoms with Gasteiger partial charge in [-0.05, 0) is 36.2 Å². The summed E-state index contributed by atoms with van der Waals surface area (Å²) in [6, 6.07) is 5.86. The standard InChI is InChI=1S/C21H17F3N4O5S/c1-34(32,33)16-8-11(10-25)2-3-13(16)19(28-20(30)31)18-14(4-5-15(18)29)27-12-6-7-26-17(9-12)21(22,23)24/h2-3,6-9,19,28H,4-5H2,1H3,(H,26,27)(H,30,31). The zero-order valence-corrected chi connectivity index (χ0v) is 18.3. The first-order valence-electron chi connectivity index (χ1n) is 9.61. The van der Waals surface area contributed by atoms with Gasteiger partial charge in [0.05, 0.1) is 22.6 Å². The van der Waals surface area contributed by atoms with Crippen molar-refractivity contribution in [3.8, 4) is 6.07 Å². The molecule has 1 unspecified atom stereocenters. The van der Waals surface area contributed by atoms with Crippen molar-refractivity contribution in [1.29, 1.82) is 5.26 Å². The summed E-state index contributed by atoms with van der Waals surface area (Å²) in [5, 5.41) is 23.4. The molecule has 0 bridgehead atoms. The monoisotopic (exact) mass is 494 g/mol. The summed E-state index contributed by atoms with van der Waals surface area (Å²) in [6.07, 6.45) is -4.50. The summed E-state index contributed by atoms with van der Waals surface area (Å²) in [5.74, 6) is -0.518. The van der Waals surface area contributed by atoms with Crippen LogP contribution in [0.15, 0.2) is 52.7 Å². The van der Waals surface area contributed by atoms with E-state index >= 15 is 0 Å². The molecular weight excluding hydrogens is 477 g/mol. The lowest BCUT2D eigenvalue weighted by atomic mass is 9.95. The van der Waals surface area contributed by atoms with Crippen molar-refractivity contribution >= 4 is 27.4 Å². The Hall–Kier alpha value is -3.92. The van der Waals surface area contributed by atoms with Crippen LogP contribution < -0.4 is 10.6 Å². The number of carbonyl (C=O) groups excluding carboxylic acids is 1. The number of pyridine rings is 1. The number of Topliss-reactive ketones (excluding diaryl/α,β-unsaturated/α-hetero) is 1. The number of allylic oxidation sites excluding steroid dienone is 1. The predicted octanol–water partition coefficient (Wildman–Crippen LogP) is 3.41. The Morgan fingerprint density at radius 1 is 1.24 bits per heavy atom. The minimum absolute atomic E-state index is 0.000192. The number of ketones is 1. The van der Waals surface area contributed by atoms with Gasteiger partial charge in [-0.1, -0.05) is 6.07 Å². The Bertz CT molecular complexity index is 1350. The van der Waals surface area contributed by atoms with Crippen LogP contribution in [-0.2, 0) is 20.8 Å². The van der Waals surface area contributed by atoms with E-state index in [0.717, 1.165) is 24.6 Å². The maximum absolute atomic E-state index is 13.0. The average Bonchev–Trinajstić information content (AvgIpc) is 3.10. The molecule has 1 aliphatic carbocycles. The largest absolute Gasteiger partial charge is 0.465 e. The molecule has 178 valence electrons. The normalized spacial score (nSPS) is 15.1. The van der Waals surface area contributed by atoms with Crippen LogP contribution in [0.2, 0.25) is 0 Å². The summed E-state index contributed by atoms with van der Waals surface area (Å²) >= 11 is 0. The summed E-state index contributed by atoms with van der Waals surface area (Å²) in [4.78, 5) is 27.2.